The summed E-state index contributed by atoms with van der Waals surface area (Å²) in [5, 5.41) is 14.7. The predicted octanol–water partition coefficient (Wildman–Crippen LogP) is 3.02. The molecule has 2 aromatic rings. The molecule has 1 amide bonds. The van der Waals surface area contributed by atoms with Crippen LogP contribution in [0, 0.1) is 18.3 Å². The lowest BCUT2D eigenvalue weighted by molar-refractivity contribution is -0.112. The maximum Gasteiger partial charge on any atom is 0.340 e. The van der Waals surface area contributed by atoms with E-state index in [1.807, 2.05) is 19.1 Å². The van der Waals surface area contributed by atoms with E-state index in [9.17, 15) is 14.9 Å². The lowest BCUT2D eigenvalue weighted by Gasteiger charge is -2.10. The van der Waals surface area contributed by atoms with Crippen molar-refractivity contribution in [2.24, 2.45) is 0 Å². The first-order valence-electron chi connectivity index (χ1n) is 7.92. The van der Waals surface area contributed by atoms with Crippen LogP contribution in [0.15, 0.2) is 54.4 Å². The quantitative estimate of drug-likeness (QED) is 0.471. The number of nitriles is 1. The third-order valence-electron chi connectivity index (χ3n) is 3.40. The number of benzene rings is 1. The number of carbonyl (C=O) groups excluding carboxylic acids is 2. The topological polar surface area (TPSA) is 104 Å². The molecule has 0 aliphatic carbocycles. The van der Waals surface area contributed by atoms with Gasteiger partial charge >= 0.3 is 5.97 Å². The Bertz CT molecular complexity index is 884. The number of nitrogens with one attached hydrogen (secondary N) is 2. The average molecular weight is 350 g/mol. The van der Waals surface area contributed by atoms with Crippen LogP contribution >= 0.6 is 0 Å². The van der Waals surface area contributed by atoms with E-state index in [1.165, 1.54) is 6.20 Å². The summed E-state index contributed by atoms with van der Waals surface area (Å²) in [6.45, 7) is 3.77. The summed E-state index contributed by atoms with van der Waals surface area (Å²) in [7, 11) is 0. The fraction of sp³-hybridized carbons (Fsp3) is 0.158. The van der Waals surface area contributed by atoms with E-state index in [-0.39, 0.29) is 23.4 Å². The number of para-hydroxylation sites is 1. The zero-order chi connectivity index (χ0) is 18.9. The number of nitrogens with zero attached hydrogens (tertiary/aromatic N) is 2. The molecular formula is C19H18N4O3. The van der Waals surface area contributed by atoms with Crippen molar-refractivity contribution in [3.05, 3.63) is 65.5 Å². The maximum atomic E-state index is 12.4. The predicted molar refractivity (Wildman–Crippen MR) is 97.3 cm³/mol. The number of hydrogen-bond acceptors (Lipinski definition) is 6. The van der Waals surface area contributed by atoms with Gasteiger partial charge in [0, 0.05) is 12.4 Å². The highest BCUT2D eigenvalue weighted by Gasteiger charge is 2.16. The van der Waals surface area contributed by atoms with E-state index >= 15 is 0 Å². The van der Waals surface area contributed by atoms with E-state index in [4.69, 9.17) is 4.74 Å². The lowest BCUT2D eigenvalue weighted by atomic mass is 10.1. The molecule has 0 bridgehead atoms. The molecule has 0 spiro atoms. The third-order valence-corrected chi connectivity index (χ3v) is 3.40. The molecule has 1 heterocycles. The smallest absolute Gasteiger partial charge is 0.340 e. The molecule has 0 radical (unpaired) electrons. The number of amides is 1. The first-order valence-corrected chi connectivity index (χ1v) is 7.92. The molecule has 1 aromatic carbocycles. The van der Waals surface area contributed by atoms with Gasteiger partial charge in [-0.2, -0.15) is 5.26 Å². The number of esters is 1. The summed E-state index contributed by atoms with van der Waals surface area (Å²) in [6, 6.07) is 11.9. The highest BCUT2D eigenvalue weighted by Crippen LogP contribution is 2.17. The molecule has 132 valence electrons. The van der Waals surface area contributed by atoms with Gasteiger partial charge in [-0.1, -0.05) is 18.2 Å². The first kappa shape index (κ1) is 18.7. The number of ether oxygens (including phenoxy) is 1. The monoisotopic (exact) mass is 350 g/mol. The summed E-state index contributed by atoms with van der Waals surface area (Å²) in [4.78, 5) is 28.5. The Balaban J connectivity index is 2.18. The van der Waals surface area contributed by atoms with Gasteiger partial charge in [-0.25, -0.2) is 9.78 Å². The molecule has 0 atom stereocenters. The van der Waals surface area contributed by atoms with Crippen LogP contribution in [0.2, 0.25) is 0 Å². The van der Waals surface area contributed by atoms with E-state index in [2.05, 4.69) is 15.6 Å². The maximum absolute atomic E-state index is 12.4. The van der Waals surface area contributed by atoms with Gasteiger partial charge in [0.05, 0.1) is 17.9 Å². The van der Waals surface area contributed by atoms with Crippen molar-refractivity contribution in [2.45, 2.75) is 13.8 Å². The zero-order valence-corrected chi connectivity index (χ0v) is 14.4. The van der Waals surface area contributed by atoms with Crippen LogP contribution < -0.4 is 10.6 Å². The molecule has 0 saturated carbocycles. The summed E-state index contributed by atoms with van der Waals surface area (Å²) in [6.07, 6.45) is 2.88. The zero-order valence-electron chi connectivity index (χ0n) is 14.4. The minimum atomic E-state index is -0.648. The molecule has 7 nitrogen and oxygen atoms in total. The Morgan fingerprint density at radius 1 is 1.27 bits per heavy atom. The first-order chi connectivity index (χ1) is 12.6. The van der Waals surface area contributed by atoms with E-state index in [0.717, 1.165) is 5.56 Å². The van der Waals surface area contributed by atoms with Crippen molar-refractivity contribution in [1.29, 1.82) is 5.26 Å². The highest BCUT2D eigenvalue weighted by molar-refractivity contribution is 6.09. The Hall–Kier alpha value is -3.66. The minimum Gasteiger partial charge on any atom is -0.462 e. The number of aromatic nitrogens is 1. The standard InChI is InChI=1S/C19H18N4O3/c1-3-26-19(25)15-8-4-5-9-16(15)23-18(24)14(11-20)12-22-17-13(2)7-6-10-21-17/h4-10,12H,3H2,1-2H3,(H,21,22)(H,23,24)/b14-12-. The number of aryl methyl sites for hydroxylation is 1. The molecule has 0 aliphatic heterocycles. The molecule has 1 aromatic heterocycles. The number of pyridine rings is 1. The number of rotatable bonds is 6. The van der Waals surface area contributed by atoms with Gasteiger partial charge in [0.15, 0.2) is 0 Å². The van der Waals surface area contributed by atoms with Crippen molar-refractivity contribution in [3.63, 3.8) is 0 Å². The fourth-order valence-electron chi connectivity index (χ4n) is 2.09. The summed E-state index contributed by atoms with van der Waals surface area (Å²) < 4.78 is 4.97. The molecule has 2 rings (SSSR count). The summed E-state index contributed by atoms with van der Waals surface area (Å²) >= 11 is 0. The molecule has 2 N–H and O–H groups in total. The van der Waals surface area contributed by atoms with Gasteiger partial charge in [-0.15, -0.1) is 0 Å². The SMILES string of the molecule is CCOC(=O)c1ccccc1NC(=O)/C(C#N)=C\Nc1ncccc1C. The Labute approximate surface area is 151 Å². The van der Waals surface area contributed by atoms with Crippen molar-refractivity contribution in [2.75, 3.05) is 17.2 Å². The Morgan fingerprint density at radius 3 is 2.73 bits per heavy atom. The Kier molecular flexibility index (Phi) is 6.46. The third kappa shape index (κ3) is 4.68. The van der Waals surface area contributed by atoms with Crippen LogP contribution in [0.4, 0.5) is 11.5 Å². The molecular weight excluding hydrogens is 332 g/mol. The number of hydrogen-bond donors (Lipinski definition) is 2. The van der Waals surface area contributed by atoms with Gasteiger partial charge in [0.1, 0.15) is 17.5 Å². The van der Waals surface area contributed by atoms with Crippen molar-refractivity contribution in [3.8, 4) is 6.07 Å². The normalized spacial score (nSPS) is 10.6. The summed E-state index contributed by atoms with van der Waals surface area (Å²) in [5.74, 6) is -0.654. The van der Waals surface area contributed by atoms with Gasteiger partial charge in [-0.05, 0) is 37.6 Å². The van der Waals surface area contributed by atoms with Gasteiger partial charge in [0.2, 0.25) is 0 Å². The van der Waals surface area contributed by atoms with Crippen LogP contribution in [0.1, 0.15) is 22.8 Å². The molecule has 7 heteroatoms. The lowest BCUT2D eigenvalue weighted by Crippen LogP contribution is -2.17. The fourth-order valence-corrected chi connectivity index (χ4v) is 2.09. The van der Waals surface area contributed by atoms with E-state index in [1.54, 1.807) is 43.5 Å². The number of anilines is 2. The van der Waals surface area contributed by atoms with Gasteiger partial charge in [0.25, 0.3) is 5.91 Å². The van der Waals surface area contributed by atoms with Crippen molar-refractivity contribution in [1.82, 2.24) is 4.98 Å². The molecule has 0 saturated heterocycles. The minimum absolute atomic E-state index is 0.159. The van der Waals surface area contributed by atoms with Crippen LogP contribution in [0.5, 0.6) is 0 Å². The average Bonchev–Trinajstić information content (AvgIpc) is 2.64. The largest absolute Gasteiger partial charge is 0.462 e. The van der Waals surface area contributed by atoms with Crippen LogP contribution in [0.3, 0.4) is 0 Å². The second-order valence-electron chi connectivity index (χ2n) is 5.20. The van der Waals surface area contributed by atoms with E-state index in [0.29, 0.717) is 5.82 Å². The van der Waals surface area contributed by atoms with Crippen molar-refractivity contribution < 1.29 is 14.3 Å². The Morgan fingerprint density at radius 2 is 2.04 bits per heavy atom. The molecule has 0 aliphatic rings. The highest BCUT2D eigenvalue weighted by atomic mass is 16.5. The second-order valence-corrected chi connectivity index (χ2v) is 5.20. The second kappa shape index (κ2) is 8.99. The van der Waals surface area contributed by atoms with E-state index < -0.39 is 11.9 Å². The van der Waals surface area contributed by atoms with Gasteiger partial charge in [-0.3, -0.25) is 4.79 Å². The van der Waals surface area contributed by atoms with Crippen LogP contribution in [-0.2, 0) is 9.53 Å². The van der Waals surface area contributed by atoms with Crippen molar-refractivity contribution >= 4 is 23.4 Å². The van der Waals surface area contributed by atoms with Crippen LogP contribution in [0.25, 0.3) is 0 Å². The molecule has 0 unspecified atom stereocenters. The molecule has 0 fully saturated rings. The summed E-state index contributed by atoms with van der Waals surface area (Å²) in [5.41, 5.74) is 1.20. The number of carbonyl (C=O) groups is 2. The van der Waals surface area contributed by atoms with Crippen LogP contribution in [-0.4, -0.2) is 23.5 Å². The van der Waals surface area contributed by atoms with Gasteiger partial charge < -0.3 is 15.4 Å². The molecule has 26 heavy (non-hydrogen) atoms.